The van der Waals surface area contributed by atoms with Crippen molar-refractivity contribution in [2.24, 2.45) is 5.73 Å². The van der Waals surface area contributed by atoms with Gasteiger partial charge < -0.3 is 25.5 Å². The van der Waals surface area contributed by atoms with E-state index in [1.54, 1.807) is 0 Å². The number of hydrogen-bond donors (Lipinski definition) is 1. The predicted molar refractivity (Wildman–Crippen MR) is 43.8 cm³/mol. The van der Waals surface area contributed by atoms with Gasteiger partial charge in [0.15, 0.2) is 0 Å². The second-order valence-corrected chi connectivity index (χ2v) is 1.50. The largest absolute Gasteiger partial charge is 2.00 e. The minimum Gasteiger partial charge on any atom is -0.550 e. The zero-order valence-electron chi connectivity index (χ0n) is 5.61. The first-order valence-corrected chi connectivity index (χ1v) is 2.20. The Labute approximate surface area is 96.5 Å². The Morgan fingerprint density at radius 2 is 1.73 bits per heavy atom. The molecule has 0 saturated heterocycles. The minimum absolute atomic E-state index is 0. The molecule has 0 spiro atoms. The summed E-state index contributed by atoms with van der Waals surface area (Å²) >= 11 is 0. The average molecular weight is 283 g/mol. The SMILES string of the molecule is I.NC(CC(=O)[O-])C(=O)[O-].[Mg+2]. The smallest absolute Gasteiger partial charge is 0.550 e. The summed E-state index contributed by atoms with van der Waals surface area (Å²) in [4.78, 5) is 19.3. The Bertz CT molecular complexity index is 142. The first-order valence-electron chi connectivity index (χ1n) is 2.20. The molecule has 11 heavy (non-hydrogen) atoms. The van der Waals surface area contributed by atoms with Crippen LogP contribution in [0.3, 0.4) is 0 Å². The molecule has 0 aromatic carbocycles. The summed E-state index contributed by atoms with van der Waals surface area (Å²) in [7, 11) is 0. The quantitative estimate of drug-likeness (QED) is 0.426. The molecule has 0 aromatic rings. The standard InChI is InChI=1S/C4H7NO4.HI.Mg/c5-2(4(8)9)1-3(6)7;;/h2H,1,5H2,(H,6,7)(H,8,9);1H;/q;;+2/p-2. The summed E-state index contributed by atoms with van der Waals surface area (Å²) < 4.78 is 0. The zero-order chi connectivity index (χ0) is 7.44. The topological polar surface area (TPSA) is 106 Å². The second kappa shape index (κ2) is 8.49. The van der Waals surface area contributed by atoms with Crippen LogP contribution in [0.5, 0.6) is 0 Å². The molecule has 5 nitrogen and oxygen atoms in total. The van der Waals surface area contributed by atoms with Gasteiger partial charge in [-0.25, -0.2) is 0 Å². The molecule has 0 aliphatic carbocycles. The van der Waals surface area contributed by atoms with E-state index >= 15 is 0 Å². The molecule has 0 aliphatic heterocycles. The molecule has 0 rings (SSSR count). The van der Waals surface area contributed by atoms with Crippen LogP contribution >= 0.6 is 24.0 Å². The van der Waals surface area contributed by atoms with Crippen LogP contribution < -0.4 is 15.9 Å². The summed E-state index contributed by atoms with van der Waals surface area (Å²) in [5.41, 5.74) is 4.73. The van der Waals surface area contributed by atoms with Gasteiger partial charge in [-0.1, -0.05) is 0 Å². The van der Waals surface area contributed by atoms with Gasteiger partial charge in [0.05, 0.1) is 5.97 Å². The summed E-state index contributed by atoms with van der Waals surface area (Å²) in [6.45, 7) is 0. The fourth-order valence-corrected chi connectivity index (χ4v) is 0.263. The monoisotopic (exact) mass is 283 g/mol. The summed E-state index contributed by atoms with van der Waals surface area (Å²) in [5, 5.41) is 19.3. The third-order valence-corrected chi connectivity index (χ3v) is 0.689. The van der Waals surface area contributed by atoms with Gasteiger partial charge >= 0.3 is 23.1 Å². The van der Waals surface area contributed by atoms with Crippen molar-refractivity contribution in [3.8, 4) is 0 Å². The molecule has 0 fully saturated rings. The zero-order valence-corrected chi connectivity index (χ0v) is 9.35. The van der Waals surface area contributed by atoms with E-state index in [9.17, 15) is 19.8 Å². The van der Waals surface area contributed by atoms with Crippen LogP contribution in [0.4, 0.5) is 0 Å². The van der Waals surface area contributed by atoms with Crippen molar-refractivity contribution < 1.29 is 19.8 Å². The van der Waals surface area contributed by atoms with Crippen LogP contribution in [-0.2, 0) is 9.59 Å². The molecule has 1 atom stereocenters. The van der Waals surface area contributed by atoms with Gasteiger partial charge in [-0.3, -0.25) is 0 Å². The molecular formula is C4H6IMgNO4. The Morgan fingerprint density at radius 1 is 1.36 bits per heavy atom. The van der Waals surface area contributed by atoms with Crippen molar-refractivity contribution in [1.82, 2.24) is 0 Å². The average Bonchev–Trinajstić information content (AvgIpc) is 1.63. The number of carboxylic acids is 2. The van der Waals surface area contributed by atoms with Crippen molar-refractivity contribution in [3.63, 3.8) is 0 Å². The van der Waals surface area contributed by atoms with E-state index in [1.165, 1.54) is 0 Å². The number of hydrogen-bond acceptors (Lipinski definition) is 5. The van der Waals surface area contributed by atoms with E-state index in [2.05, 4.69) is 0 Å². The molecule has 60 valence electrons. The maximum Gasteiger partial charge on any atom is 2.00 e. The molecule has 0 radical (unpaired) electrons. The van der Waals surface area contributed by atoms with Crippen LogP contribution in [0.1, 0.15) is 6.42 Å². The molecule has 7 heteroatoms. The van der Waals surface area contributed by atoms with Crippen LogP contribution in [0.15, 0.2) is 0 Å². The van der Waals surface area contributed by atoms with E-state index in [4.69, 9.17) is 5.73 Å². The summed E-state index contributed by atoms with van der Waals surface area (Å²) in [6, 6.07) is -1.46. The van der Waals surface area contributed by atoms with Gasteiger partial charge in [-0.05, 0) is 0 Å². The molecule has 0 bridgehead atoms. The van der Waals surface area contributed by atoms with Crippen molar-refractivity contribution in [2.75, 3.05) is 0 Å². The van der Waals surface area contributed by atoms with Gasteiger partial charge in [-0.2, -0.15) is 0 Å². The van der Waals surface area contributed by atoms with E-state index in [-0.39, 0.29) is 47.0 Å². The number of rotatable bonds is 3. The maximum atomic E-state index is 9.71. The van der Waals surface area contributed by atoms with E-state index < -0.39 is 24.4 Å². The third kappa shape index (κ3) is 10.4. The first-order chi connectivity index (χ1) is 4.04. The summed E-state index contributed by atoms with van der Waals surface area (Å²) in [5.74, 6) is -3.08. The predicted octanol–water partition coefficient (Wildman–Crippen LogP) is -3.56. The molecule has 1 unspecified atom stereocenters. The normalized spacial score (nSPS) is 10.3. The Kier molecular flexibility index (Phi) is 13.5. The molecule has 0 aliphatic rings. The van der Waals surface area contributed by atoms with Crippen molar-refractivity contribution >= 4 is 59.0 Å². The molecule has 0 saturated carbocycles. The molecule has 0 amide bonds. The third-order valence-electron chi connectivity index (χ3n) is 0.689. The fourth-order valence-electron chi connectivity index (χ4n) is 0.263. The number of nitrogens with two attached hydrogens (primary N) is 1. The Morgan fingerprint density at radius 3 is 1.82 bits per heavy atom. The minimum atomic E-state index is -1.58. The number of aliphatic carboxylic acids is 2. The number of halogens is 1. The van der Waals surface area contributed by atoms with Gasteiger partial charge in [0.25, 0.3) is 0 Å². The van der Waals surface area contributed by atoms with Crippen LogP contribution in [0.25, 0.3) is 0 Å². The number of carbonyl (C=O) groups is 2. The fraction of sp³-hybridized carbons (Fsp3) is 0.500. The van der Waals surface area contributed by atoms with E-state index in [0.29, 0.717) is 0 Å². The maximum absolute atomic E-state index is 9.71. The number of carboxylic acid groups (broad SMARTS) is 2. The van der Waals surface area contributed by atoms with Gasteiger partial charge in [-0.15, -0.1) is 24.0 Å². The number of carbonyl (C=O) groups excluding carboxylic acids is 2. The Hall–Kier alpha value is 0.396. The van der Waals surface area contributed by atoms with Crippen LogP contribution in [0, 0.1) is 0 Å². The van der Waals surface area contributed by atoms with Crippen LogP contribution in [-0.4, -0.2) is 41.0 Å². The van der Waals surface area contributed by atoms with Crippen molar-refractivity contribution in [3.05, 3.63) is 0 Å². The van der Waals surface area contributed by atoms with Gasteiger partial charge in [0, 0.05) is 18.4 Å². The van der Waals surface area contributed by atoms with Gasteiger partial charge in [0.2, 0.25) is 0 Å². The second-order valence-electron chi connectivity index (χ2n) is 1.50. The van der Waals surface area contributed by atoms with E-state index in [0.717, 1.165) is 0 Å². The van der Waals surface area contributed by atoms with Crippen molar-refractivity contribution in [1.29, 1.82) is 0 Å². The first kappa shape index (κ1) is 17.5. The molecular weight excluding hydrogens is 277 g/mol. The molecule has 0 heterocycles. The molecule has 0 aromatic heterocycles. The van der Waals surface area contributed by atoms with Crippen LogP contribution in [0.2, 0.25) is 0 Å². The summed E-state index contributed by atoms with van der Waals surface area (Å²) in [6.07, 6.45) is -0.706. The molecule has 2 N–H and O–H groups in total. The van der Waals surface area contributed by atoms with Gasteiger partial charge in [0.1, 0.15) is 0 Å². The van der Waals surface area contributed by atoms with E-state index in [1.807, 2.05) is 0 Å². The Balaban J connectivity index is -0.000000320. The van der Waals surface area contributed by atoms with Crippen molar-refractivity contribution in [2.45, 2.75) is 12.5 Å².